The normalized spacial score (nSPS) is 14.9. The van der Waals surface area contributed by atoms with Crippen LogP contribution < -0.4 is 5.73 Å². The Morgan fingerprint density at radius 2 is 2.00 bits per heavy atom. The van der Waals surface area contributed by atoms with E-state index in [1.807, 2.05) is 7.05 Å². The zero-order valence-corrected chi connectivity index (χ0v) is 10.8. The van der Waals surface area contributed by atoms with Crippen molar-refractivity contribution in [2.45, 2.75) is 25.3 Å². The average molecular weight is 232 g/mol. The number of nitrogens with two attached hydrogens (primary N) is 1. The first-order valence-electron chi connectivity index (χ1n) is 5.49. The van der Waals surface area contributed by atoms with E-state index in [1.165, 1.54) is 7.11 Å². The van der Waals surface area contributed by atoms with Gasteiger partial charge in [-0.05, 0) is 26.8 Å². The molecular weight excluding hydrogens is 208 g/mol. The Bertz CT molecular complexity index is 207. The summed E-state index contributed by atoms with van der Waals surface area (Å²) in [5.74, 6) is -0.363. The van der Waals surface area contributed by atoms with Crippen LogP contribution in [-0.2, 0) is 14.3 Å². The summed E-state index contributed by atoms with van der Waals surface area (Å²) >= 11 is 0. The molecule has 0 saturated carbocycles. The summed E-state index contributed by atoms with van der Waals surface area (Å²) in [5, 5.41) is 0. The van der Waals surface area contributed by atoms with Gasteiger partial charge in [0.05, 0.1) is 7.11 Å². The van der Waals surface area contributed by atoms with E-state index >= 15 is 0 Å². The quantitative estimate of drug-likeness (QED) is 0.479. The van der Waals surface area contributed by atoms with E-state index in [0.717, 1.165) is 26.1 Å². The molecule has 0 aliphatic heterocycles. The van der Waals surface area contributed by atoms with Gasteiger partial charge in [-0.3, -0.25) is 4.79 Å². The second kappa shape index (κ2) is 7.60. The lowest BCUT2D eigenvalue weighted by atomic mass is 9.99. The third-order valence-corrected chi connectivity index (χ3v) is 2.55. The van der Waals surface area contributed by atoms with Crippen LogP contribution >= 0.6 is 0 Å². The fraction of sp³-hybridized carbons (Fsp3) is 0.909. The first-order chi connectivity index (χ1) is 7.44. The van der Waals surface area contributed by atoms with Crippen molar-refractivity contribution in [3.63, 3.8) is 0 Å². The van der Waals surface area contributed by atoms with Gasteiger partial charge in [0.2, 0.25) is 0 Å². The standard InChI is InChI=1S/C11H24N2O3/c1-11(12,10(14)16-4)6-8-13(2)7-5-9-15-3/h5-9,12H2,1-4H3. The Morgan fingerprint density at radius 1 is 1.38 bits per heavy atom. The molecule has 5 nitrogen and oxygen atoms in total. The number of methoxy groups -OCH3 is 2. The molecule has 0 aromatic carbocycles. The maximum absolute atomic E-state index is 11.3. The number of esters is 1. The molecule has 0 aromatic rings. The minimum atomic E-state index is -0.899. The summed E-state index contributed by atoms with van der Waals surface area (Å²) in [4.78, 5) is 13.5. The van der Waals surface area contributed by atoms with Crippen molar-refractivity contribution in [3.8, 4) is 0 Å². The molecule has 1 unspecified atom stereocenters. The molecule has 1 atom stereocenters. The van der Waals surface area contributed by atoms with Crippen LogP contribution in [0.25, 0.3) is 0 Å². The lowest BCUT2D eigenvalue weighted by molar-refractivity contribution is -0.146. The van der Waals surface area contributed by atoms with Crippen LogP contribution in [0.15, 0.2) is 0 Å². The maximum Gasteiger partial charge on any atom is 0.325 e. The fourth-order valence-electron chi connectivity index (χ4n) is 1.35. The van der Waals surface area contributed by atoms with Gasteiger partial charge in [0.15, 0.2) is 0 Å². The van der Waals surface area contributed by atoms with E-state index in [2.05, 4.69) is 9.64 Å². The number of rotatable bonds is 8. The van der Waals surface area contributed by atoms with Crippen molar-refractivity contribution in [2.24, 2.45) is 5.73 Å². The van der Waals surface area contributed by atoms with Crippen LogP contribution in [0, 0.1) is 0 Å². The van der Waals surface area contributed by atoms with E-state index < -0.39 is 5.54 Å². The van der Waals surface area contributed by atoms with E-state index in [-0.39, 0.29) is 5.97 Å². The average Bonchev–Trinajstić information content (AvgIpc) is 2.25. The Balaban J connectivity index is 3.81. The topological polar surface area (TPSA) is 64.8 Å². The molecule has 0 heterocycles. The molecule has 0 aliphatic carbocycles. The van der Waals surface area contributed by atoms with E-state index in [4.69, 9.17) is 10.5 Å². The van der Waals surface area contributed by atoms with Crippen molar-refractivity contribution < 1.29 is 14.3 Å². The SMILES string of the molecule is COCCCN(C)CCC(C)(N)C(=O)OC. The van der Waals surface area contributed by atoms with Crippen LogP contribution in [0.5, 0.6) is 0 Å². The molecule has 0 spiro atoms. The van der Waals surface area contributed by atoms with Gasteiger partial charge < -0.3 is 20.1 Å². The number of nitrogens with zero attached hydrogens (tertiary/aromatic N) is 1. The molecular formula is C11H24N2O3. The minimum absolute atomic E-state index is 0.363. The number of carbonyl (C=O) groups excluding carboxylic acids is 1. The van der Waals surface area contributed by atoms with Gasteiger partial charge in [0, 0.05) is 26.8 Å². The molecule has 0 saturated heterocycles. The number of carbonyl (C=O) groups is 1. The van der Waals surface area contributed by atoms with Gasteiger partial charge in [-0.2, -0.15) is 0 Å². The van der Waals surface area contributed by atoms with E-state index in [9.17, 15) is 4.79 Å². The Hall–Kier alpha value is -0.650. The van der Waals surface area contributed by atoms with Crippen LogP contribution in [0.1, 0.15) is 19.8 Å². The zero-order chi connectivity index (χ0) is 12.6. The summed E-state index contributed by atoms with van der Waals surface area (Å²) in [6.07, 6.45) is 1.57. The predicted molar refractivity (Wildman–Crippen MR) is 63.2 cm³/mol. The van der Waals surface area contributed by atoms with E-state index in [1.54, 1.807) is 14.0 Å². The molecule has 16 heavy (non-hydrogen) atoms. The molecule has 0 amide bonds. The summed E-state index contributed by atoms with van der Waals surface area (Å²) in [5.41, 5.74) is 4.95. The zero-order valence-electron chi connectivity index (χ0n) is 10.8. The largest absolute Gasteiger partial charge is 0.468 e. The molecule has 0 fully saturated rings. The summed E-state index contributed by atoms with van der Waals surface area (Å²) in [6.45, 7) is 4.15. The Kier molecular flexibility index (Phi) is 7.29. The highest BCUT2D eigenvalue weighted by atomic mass is 16.5. The molecule has 0 aromatic heterocycles. The monoisotopic (exact) mass is 232 g/mol. The van der Waals surface area contributed by atoms with Crippen molar-refractivity contribution in [1.29, 1.82) is 0 Å². The maximum atomic E-state index is 11.3. The third-order valence-electron chi connectivity index (χ3n) is 2.55. The fourth-order valence-corrected chi connectivity index (χ4v) is 1.35. The summed E-state index contributed by atoms with van der Waals surface area (Å²) < 4.78 is 9.61. The third kappa shape index (κ3) is 6.05. The second-order valence-electron chi connectivity index (χ2n) is 4.31. The van der Waals surface area contributed by atoms with Crippen LogP contribution in [0.3, 0.4) is 0 Å². The van der Waals surface area contributed by atoms with Gasteiger partial charge in [-0.25, -0.2) is 0 Å². The lowest BCUT2D eigenvalue weighted by Crippen LogP contribution is -2.47. The lowest BCUT2D eigenvalue weighted by Gasteiger charge is -2.24. The summed E-state index contributed by atoms with van der Waals surface area (Å²) in [6, 6.07) is 0. The van der Waals surface area contributed by atoms with Gasteiger partial charge >= 0.3 is 5.97 Å². The van der Waals surface area contributed by atoms with Gasteiger partial charge in [0.1, 0.15) is 5.54 Å². The van der Waals surface area contributed by atoms with Crippen molar-refractivity contribution >= 4 is 5.97 Å². The minimum Gasteiger partial charge on any atom is -0.468 e. The first-order valence-corrected chi connectivity index (χ1v) is 5.49. The molecule has 5 heteroatoms. The highest BCUT2D eigenvalue weighted by Gasteiger charge is 2.29. The highest BCUT2D eigenvalue weighted by Crippen LogP contribution is 2.08. The Morgan fingerprint density at radius 3 is 2.50 bits per heavy atom. The molecule has 0 radical (unpaired) electrons. The second-order valence-corrected chi connectivity index (χ2v) is 4.31. The van der Waals surface area contributed by atoms with Crippen molar-refractivity contribution in [3.05, 3.63) is 0 Å². The van der Waals surface area contributed by atoms with E-state index in [0.29, 0.717) is 6.42 Å². The number of ether oxygens (including phenoxy) is 2. The molecule has 0 bridgehead atoms. The van der Waals surface area contributed by atoms with Gasteiger partial charge in [0.25, 0.3) is 0 Å². The first kappa shape index (κ1) is 15.3. The number of hydrogen-bond acceptors (Lipinski definition) is 5. The summed E-state index contributed by atoms with van der Waals surface area (Å²) in [7, 11) is 5.05. The van der Waals surface area contributed by atoms with Gasteiger partial charge in [-0.15, -0.1) is 0 Å². The van der Waals surface area contributed by atoms with Crippen molar-refractivity contribution in [1.82, 2.24) is 4.90 Å². The molecule has 0 rings (SSSR count). The van der Waals surface area contributed by atoms with Crippen LogP contribution in [0.4, 0.5) is 0 Å². The van der Waals surface area contributed by atoms with Crippen LogP contribution in [-0.4, -0.2) is 57.4 Å². The Labute approximate surface area is 97.9 Å². The van der Waals surface area contributed by atoms with Crippen LogP contribution in [0.2, 0.25) is 0 Å². The molecule has 0 aliphatic rings. The highest BCUT2D eigenvalue weighted by molar-refractivity contribution is 5.79. The smallest absolute Gasteiger partial charge is 0.325 e. The molecule has 96 valence electrons. The van der Waals surface area contributed by atoms with Crippen molar-refractivity contribution in [2.75, 3.05) is 41.0 Å². The predicted octanol–water partition coefficient (Wildman–Crippen LogP) is 0.235. The number of hydrogen-bond donors (Lipinski definition) is 1. The van der Waals surface area contributed by atoms with Gasteiger partial charge in [-0.1, -0.05) is 0 Å². The molecule has 2 N–H and O–H groups in total.